The number of benzene rings is 3. The van der Waals surface area contributed by atoms with Gasteiger partial charge < -0.3 is 9.64 Å². The third kappa shape index (κ3) is 4.24. The Morgan fingerprint density at radius 2 is 1.49 bits per heavy atom. The molecule has 0 aliphatic carbocycles. The van der Waals surface area contributed by atoms with E-state index in [1.54, 1.807) is 19.1 Å². The zero-order chi connectivity index (χ0) is 24.5. The number of hydrazine groups is 1. The topological polar surface area (TPSA) is 70.7 Å². The quantitative estimate of drug-likeness (QED) is 0.514. The molecule has 6 nitrogen and oxygen atoms in total. The minimum atomic E-state index is -0.360. The summed E-state index contributed by atoms with van der Waals surface area (Å²) in [7, 11) is 0. The van der Waals surface area contributed by atoms with E-state index in [9.17, 15) is 9.59 Å². The van der Waals surface area contributed by atoms with Gasteiger partial charge in [-0.3, -0.25) is 4.79 Å². The zero-order valence-electron chi connectivity index (χ0n) is 20.3. The molecular formula is C29H31N3O3. The molecule has 1 amide bonds. The van der Waals surface area contributed by atoms with Crippen molar-refractivity contribution in [2.75, 3.05) is 11.5 Å². The first-order chi connectivity index (χ1) is 17.0. The minimum Gasteiger partial charge on any atom is -0.462 e. The Kier molecular flexibility index (Phi) is 6.41. The second-order valence-electron chi connectivity index (χ2n) is 9.25. The Morgan fingerprint density at radius 1 is 0.857 bits per heavy atom. The van der Waals surface area contributed by atoms with Crippen molar-refractivity contribution in [1.29, 1.82) is 0 Å². The molecule has 2 aliphatic rings. The predicted octanol–water partition coefficient (Wildman–Crippen LogP) is 4.66. The van der Waals surface area contributed by atoms with Gasteiger partial charge in [0.05, 0.1) is 24.3 Å². The number of aryl methyl sites for hydroxylation is 2. The number of carbonyl (C=O) groups is 2. The number of nitrogens with one attached hydrogen (secondary N) is 2. The Hall–Kier alpha value is -3.48. The monoisotopic (exact) mass is 469 g/mol. The number of esters is 1. The Morgan fingerprint density at radius 3 is 2.11 bits per heavy atom. The van der Waals surface area contributed by atoms with Crippen LogP contribution < -0.4 is 15.8 Å². The van der Waals surface area contributed by atoms with Crippen molar-refractivity contribution in [3.8, 4) is 0 Å². The van der Waals surface area contributed by atoms with Crippen molar-refractivity contribution in [3.63, 3.8) is 0 Å². The van der Waals surface area contributed by atoms with E-state index in [1.807, 2.05) is 17.0 Å². The zero-order valence-corrected chi connectivity index (χ0v) is 20.3. The van der Waals surface area contributed by atoms with Crippen LogP contribution in [0.1, 0.15) is 58.5 Å². The standard InChI is InChI=1S/C29H31N3O3/c1-4-19-8-12-21(13-9-19)27-24-25(20-10-6-18(3)7-11-20)30-31-26(24)28(33)32(27)23-16-14-22(15-17-23)29(34)35-5-2/h6-17,24-27,30-31H,4-5H2,1-3H3. The Labute approximate surface area is 206 Å². The van der Waals surface area contributed by atoms with Crippen LogP contribution in [0.3, 0.4) is 0 Å². The van der Waals surface area contributed by atoms with E-state index in [0.717, 1.165) is 23.2 Å². The van der Waals surface area contributed by atoms with Crippen LogP contribution >= 0.6 is 0 Å². The maximum absolute atomic E-state index is 13.8. The molecule has 3 aromatic carbocycles. The summed E-state index contributed by atoms with van der Waals surface area (Å²) in [5.41, 5.74) is 12.6. The van der Waals surface area contributed by atoms with Gasteiger partial charge in [0, 0.05) is 11.6 Å². The molecule has 0 spiro atoms. The van der Waals surface area contributed by atoms with Crippen LogP contribution in [-0.2, 0) is 16.0 Å². The number of hydrogen-bond acceptors (Lipinski definition) is 5. The summed E-state index contributed by atoms with van der Waals surface area (Å²) in [5, 5.41) is 0. The van der Waals surface area contributed by atoms with Gasteiger partial charge in [-0.2, -0.15) is 0 Å². The summed E-state index contributed by atoms with van der Waals surface area (Å²) < 4.78 is 5.12. The number of amides is 1. The fourth-order valence-electron chi connectivity index (χ4n) is 5.28. The van der Waals surface area contributed by atoms with Gasteiger partial charge in [0.2, 0.25) is 5.91 Å². The average Bonchev–Trinajstić information content (AvgIpc) is 3.44. The number of hydrogen-bond donors (Lipinski definition) is 2. The SMILES string of the molecule is CCOC(=O)c1ccc(N2C(=O)C3NNC(c4ccc(C)cc4)C3C2c2ccc(CC)cc2)cc1. The summed E-state index contributed by atoms with van der Waals surface area (Å²) in [5.74, 6) is -0.353. The lowest BCUT2D eigenvalue weighted by molar-refractivity contribution is -0.119. The molecule has 5 rings (SSSR count). The first kappa shape index (κ1) is 23.3. The van der Waals surface area contributed by atoms with Gasteiger partial charge in [0.25, 0.3) is 0 Å². The lowest BCUT2D eigenvalue weighted by atomic mass is 9.83. The van der Waals surface area contributed by atoms with Crippen LogP contribution in [0, 0.1) is 12.8 Å². The summed E-state index contributed by atoms with van der Waals surface area (Å²) in [4.78, 5) is 27.8. The number of ether oxygens (including phenoxy) is 1. The van der Waals surface area contributed by atoms with Crippen LogP contribution in [-0.4, -0.2) is 24.5 Å². The fourth-order valence-corrected chi connectivity index (χ4v) is 5.28. The normalized spacial score (nSPS) is 23.4. The van der Waals surface area contributed by atoms with E-state index >= 15 is 0 Å². The molecule has 35 heavy (non-hydrogen) atoms. The van der Waals surface area contributed by atoms with Crippen LogP contribution in [0.25, 0.3) is 0 Å². The van der Waals surface area contributed by atoms with Crippen LogP contribution in [0.2, 0.25) is 0 Å². The lowest BCUT2D eigenvalue weighted by Gasteiger charge is -2.31. The molecule has 0 aromatic heterocycles. The summed E-state index contributed by atoms with van der Waals surface area (Å²) in [6.07, 6.45) is 0.962. The van der Waals surface area contributed by atoms with Crippen molar-refractivity contribution < 1.29 is 14.3 Å². The number of anilines is 1. The maximum Gasteiger partial charge on any atom is 0.338 e. The van der Waals surface area contributed by atoms with Gasteiger partial charge in [0.1, 0.15) is 6.04 Å². The molecule has 180 valence electrons. The average molecular weight is 470 g/mol. The maximum atomic E-state index is 13.8. The van der Waals surface area contributed by atoms with Gasteiger partial charge in [-0.25, -0.2) is 15.6 Å². The first-order valence-electron chi connectivity index (χ1n) is 12.3. The van der Waals surface area contributed by atoms with Crippen LogP contribution in [0.15, 0.2) is 72.8 Å². The number of rotatable bonds is 6. The largest absolute Gasteiger partial charge is 0.462 e. The fraction of sp³-hybridized carbons (Fsp3) is 0.310. The summed E-state index contributed by atoms with van der Waals surface area (Å²) >= 11 is 0. The molecule has 2 fully saturated rings. The smallest absolute Gasteiger partial charge is 0.338 e. The molecule has 2 N–H and O–H groups in total. The molecule has 2 saturated heterocycles. The van der Waals surface area contributed by atoms with Gasteiger partial charge in [0.15, 0.2) is 0 Å². The molecule has 0 radical (unpaired) electrons. The van der Waals surface area contributed by atoms with E-state index in [4.69, 9.17) is 4.74 Å². The van der Waals surface area contributed by atoms with Gasteiger partial charge >= 0.3 is 5.97 Å². The molecule has 0 saturated carbocycles. The highest BCUT2D eigenvalue weighted by Crippen LogP contribution is 2.49. The summed E-state index contributed by atoms with van der Waals surface area (Å²) in [6.45, 7) is 6.32. The number of carbonyl (C=O) groups excluding carboxylic acids is 2. The van der Waals surface area contributed by atoms with Crippen LogP contribution in [0.4, 0.5) is 5.69 Å². The van der Waals surface area contributed by atoms with E-state index in [1.165, 1.54) is 11.1 Å². The van der Waals surface area contributed by atoms with Crippen molar-refractivity contribution in [2.45, 2.75) is 45.3 Å². The van der Waals surface area contributed by atoms with Gasteiger partial charge in [-0.1, -0.05) is 61.0 Å². The molecule has 4 unspecified atom stereocenters. The van der Waals surface area contributed by atoms with E-state index in [2.05, 4.69) is 73.2 Å². The van der Waals surface area contributed by atoms with E-state index in [-0.39, 0.29) is 35.9 Å². The number of fused-ring (bicyclic) bond motifs is 1. The minimum absolute atomic E-state index is 0.0117. The highest BCUT2D eigenvalue weighted by Gasteiger charge is 2.55. The first-order valence-corrected chi connectivity index (χ1v) is 12.3. The number of nitrogens with zero attached hydrogens (tertiary/aromatic N) is 1. The molecule has 0 bridgehead atoms. The predicted molar refractivity (Wildman–Crippen MR) is 136 cm³/mol. The third-order valence-electron chi connectivity index (χ3n) is 7.13. The highest BCUT2D eigenvalue weighted by molar-refractivity contribution is 6.02. The van der Waals surface area contributed by atoms with Crippen molar-refractivity contribution in [1.82, 2.24) is 10.9 Å². The molecule has 2 aliphatic heterocycles. The molecule has 2 heterocycles. The van der Waals surface area contributed by atoms with Crippen molar-refractivity contribution in [3.05, 3.63) is 101 Å². The molecule has 6 heteroatoms. The van der Waals surface area contributed by atoms with E-state index < -0.39 is 0 Å². The van der Waals surface area contributed by atoms with Crippen molar-refractivity contribution >= 4 is 17.6 Å². The highest BCUT2D eigenvalue weighted by atomic mass is 16.5. The Balaban J connectivity index is 1.56. The molecular weight excluding hydrogens is 438 g/mol. The Bertz CT molecular complexity index is 1210. The van der Waals surface area contributed by atoms with Gasteiger partial charge in [-0.05, 0) is 61.2 Å². The lowest BCUT2D eigenvalue weighted by Crippen LogP contribution is -2.41. The van der Waals surface area contributed by atoms with Crippen LogP contribution in [0.5, 0.6) is 0 Å². The second kappa shape index (κ2) is 9.64. The second-order valence-corrected chi connectivity index (χ2v) is 9.25. The molecule has 3 aromatic rings. The third-order valence-corrected chi connectivity index (χ3v) is 7.13. The molecule has 4 atom stereocenters. The van der Waals surface area contributed by atoms with E-state index in [0.29, 0.717) is 12.2 Å². The van der Waals surface area contributed by atoms with Gasteiger partial charge in [-0.15, -0.1) is 0 Å². The summed E-state index contributed by atoms with van der Waals surface area (Å²) in [6, 6.07) is 23.7. The van der Waals surface area contributed by atoms with Crippen molar-refractivity contribution in [2.24, 2.45) is 5.92 Å².